The standard InChI is InChI=1S/C15H18N2O5S/c1-21-13(22-2)9-17-14(20)11(8-12(18)19)23-15(17)16-10-6-4-3-5-7-10/h3-7,11,13H,8-9H2,1-2H3,(H,18,19). The van der Waals surface area contributed by atoms with Crippen LogP contribution in [0.1, 0.15) is 6.42 Å². The molecule has 23 heavy (non-hydrogen) atoms. The van der Waals surface area contributed by atoms with Gasteiger partial charge in [0.15, 0.2) is 11.5 Å². The SMILES string of the molecule is COC(CN1C(=O)C(CC(=O)O)SC1=Nc1ccccc1)OC. The normalized spacial score (nSPS) is 19.8. The molecule has 1 fully saturated rings. The van der Waals surface area contributed by atoms with Crippen molar-refractivity contribution < 1.29 is 24.2 Å². The minimum Gasteiger partial charge on any atom is -0.481 e. The zero-order chi connectivity index (χ0) is 16.8. The lowest BCUT2D eigenvalue weighted by atomic mass is 10.2. The van der Waals surface area contributed by atoms with Crippen LogP contribution in [0.3, 0.4) is 0 Å². The zero-order valence-corrected chi connectivity index (χ0v) is 13.7. The van der Waals surface area contributed by atoms with E-state index < -0.39 is 17.5 Å². The third-order valence-corrected chi connectivity index (χ3v) is 4.39. The Labute approximate surface area is 138 Å². The van der Waals surface area contributed by atoms with Crippen LogP contribution in [-0.4, -0.2) is 59.4 Å². The van der Waals surface area contributed by atoms with Crippen molar-refractivity contribution in [3.05, 3.63) is 30.3 Å². The van der Waals surface area contributed by atoms with Gasteiger partial charge in [-0.05, 0) is 12.1 Å². The van der Waals surface area contributed by atoms with Gasteiger partial charge in [0.2, 0.25) is 5.91 Å². The van der Waals surface area contributed by atoms with Gasteiger partial charge < -0.3 is 14.6 Å². The average molecular weight is 338 g/mol. The van der Waals surface area contributed by atoms with E-state index in [1.54, 1.807) is 0 Å². The lowest BCUT2D eigenvalue weighted by molar-refractivity contribution is -0.142. The summed E-state index contributed by atoms with van der Waals surface area (Å²) < 4.78 is 10.3. The van der Waals surface area contributed by atoms with Crippen molar-refractivity contribution in [1.29, 1.82) is 0 Å². The monoisotopic (exact) mass is 338 g/mol. The number of hydrogen-bond donors (Lipinski definition) is 1. The first-order chi connectivity index (χ1) is 11.0. The molecule has 1 heterocycles. The number of carbonyl (C=O) groups is 2. The highest BCUT2D eigenvalue weighted by atomic mass is 32.2. The van der Waals surface area contributed by atoms with E-state index in [0.29, 0.717) is 10.9 Å². The van der Waals surface area contributed by atoms with Crippen molar-refractivity contribution >= 4 is 34.5 Å². The van der Waals surface area contributed by atoms with Gasteiger partial charge in [-0.25, -0.2) is 4.99 Å². The molecule has 0 aliphatic carbocycles. The fraction of sp³-hybridized carbons (Fsp3) is 0.400. The van der Waals surface area contributed by atoms with E-state index in [1.807, 2.05) is 30.3 Å². The van der Waals surface area contributed by atoms with Crippen molar-refractivity contribution in [3.8, 4) is 0 Å². The Kier molecular flexibility index (Phi) is 6.14. The minimum absolute atomic E-state index is 0.153. The van der Waals surface area contributed by atoms with E-state index in [2.05, 4.69) is 4.99 Å². The van der Waals surface area contributed by atoms with Crippen molar-refractivity contribution in [2.45, 2.75) is 18.0 Å². The molecule has 0 bridgehead atoms. The molecule has 124 valence electrons. The molecule has 7 nitrogen and oxygen atoms in total. The summed E-state index contributed by atoms with van der Waals surface area (Å²) in [6, 6.07) is 9.17. The Morgan fingerprint density at radius 1 is 1.35 bits per heavy atom. The number of nitrogens with zero attached hydrogens (tertiary/aromatic N) is 2. The summed E-state index contributed by atoms with van der Waals surface area (Å²) >= 11 is 1.15. The second-order valence-corrected chi connectivity index (χ2v) is 5.95. The number of rotatable bonds is 7. The molecule has 1 atom stereocenters. The number of aliphatic imine (C=N–C) groups is 1. The second-order valence-electron chi connectivity index (χ2n) is 4.78. The van der Waals surface area contributed by atoms with Gasteiger partial charge in [0.25, 0.3) is 0 Å². The number of benzene rings is 1. The molecule has 8 heteroatoms. The van der Waals surface area contributed by atoms with E-state index in [-0.39, 0.29) is 18.9 Å². The molecule has 1 amide bonds. The number of thioether (sulfide) groups is 1. The Balaban J connectivity index is 2.26. The maximum atomic E-state index is 12.5. The first-order valence-electron chi connectivity index (χ1n) is 6.94. The highest BCUT2D eigenvalue weighted by Gasteiger charge is 2.40. The lowest BCUT2D eigenvalue weighted by Gasteiger charge is -2.21. The Morgan fingerprint density at radius 3 is 2.57 bits per heavy atom. The number of carboxylic acid groups (broad SMARTS) is 1. The zero-order valence-electron chi connectivity index (χ0n) is 12.8. The average Bonchev–Trinajstić information content (AvgIpc) is 2.81. The highest BCUT2D eigenvalue weighted by Crippen LogP contribution is 2.31. The van der Waals surface area contributed by atoms with Crippen LogP contribution in [0.25, 0.3) is 0 Å². The van der Waals surface area contributed by atoms with Crippen LogP contribution < -0.4 is 0 Å². The number of amidine groups is 1. The van der Waals surface area contributed by atoms with Gasteiger partial charge in [0.1, 0.15) is 5.25 Å². The van der Waals surface area contributed by atoms with Crippen LogP contribution in [0.4, 0.5) is 5.69 Å². The number of hydrogen-bond acceptors (Lipinski definition) is 6. The summed E-state index contributed by atoms with van der Waals surface area (Å²) in [7, 11) is 2.95. The van der Waals surface area contributed by atoms with Gasteiger partial charge in [-0.3, -0.25) is 14.5 Å². The molecule has 1 saturated heterocycles. The Hall–Kier alpha value is -1.90. The predicted molar refractivity (Wildman–Crippen MR) is 86.7 cm³/mol. The molecule has 1 N–H and O–H groups in total. The number of para-hydroxylation sites is 1. The molecule has 1 aromatic rings. The molecule has 0 saturated carbocycles. The van der Waals surface area contributed by atoms with Crippen molar-refractivity contribution in [2.75, 3.05) is 20.8 Å². The van der Waals surface area contributed by atoms with Gasteiger partial charge in [0.05, 0.1) is 18.7 Å². The van der Waals surface area contributed by atoms with Crippen molar-refractivity contribution in [3.63, 3.8) is 0 Å². The molecule has 1 aliphatic rings. The first kappa shape index (κ1) is 17.5. The van der Waals surface area contributed by atoms with E-state index >= 15 is 0 Å². The number of methoxy groups -OCH3 is 2. The van der Waals surface area contributed by atoms with Crippen LogP contribution in [0.15, 0.2) is 35.3 Å². The van der Waals surface area contributed by atoms with Crippen molar-refractivity contribution in [1.82, 2.24) is 4.90 Å². The number of ether oxygens (including phenoxy) is 2. The second kappa shape index (κ2) is 8.09. The Morgan fingerprint density at radius 2 is 2.00 bits per heavy atom. The maximum Gasteiger partial charge on any atom is 0.305 e. The summed E-state index contributed by atoms with van der Waals surface area (Å²) in [5, 5.41) is 8.71. The third kappa shape index (κ3) is 4.54. The van der Waals surface area contributed by atoms with E-state index in [4.69, 9.17) is 14.6 Å². The number of amides is 1. The molecule has 1 unspecified atom stereocenters. The van der Waals surface area contributed by atoms with Crippen molar-refractivity contribution in [2.24, 2.45) is 4.99 Å². The van der Waals surface area contributed by atoms with E-state index in [0.717, 1.165) is 11.8 Å². The lowest BCUT2D eigenvalue weighted by Crippen LogP contribution is -2.40. The molecule has 2 rings (SSSR count). The maximum absolute atomic E-state index is 12.5. The quantitative estimate of drug-likeness (QED) is 0.762. The molecular formula is C15H18N2O5S. The van der Waals surface area contributed by atoms with Gasteiger partial charge in [-0.2, -0.15) is 0 Å². The van der Waals surface area contributed by atoms with Crippen LogP contribution >= 0.6 is 11.8 Å². The highest BCUT2D eigenvalue weighted by molar-refractivity contribution is 8.15. The van der Waals surface area contributed by atoms with Gasteiger partial charge in [-0.1, -0.05) is 30.0 Å². The van der Waals surface area contributed by atoms with Gasteiger partial charge in [0, 0.05) is 14.2 Å². The third-order valence-electron chi connectivity index (χ3n) is 3.22. The number of carboxylic acids is 1. The molecule has 0 radical (unpaired) electrons. The fourth-order valence-corrected chi connectivity index (χ4v) is 3.22. The molecule has 0 aromatic heterocycles. The van der Waals surface area contributed by atoms with Crippen LogP contribution in [0, 0.1) is 0 Å². The molecule has 1 aromatic carbocycles. The topological polar surface area (TPSA) is 88.4 Å². The van der Waals surface area contributed by atoms with Crippen LogP contribution in [-0.2, 0) is 19.1 Å². The first-order valence-corrected chi connectivity index (χ1v) is 7.82. The molecule has 1 aliphatic heterocycles. The molecular weight excluding hydrogens is 320 g/mol. The van der Waals surface area contributed by atoms with Gasteiger partial charge in [-0.15, -0.1) is 0 Å². The van der Waals surface area contributed by atoms with Crippen LogP contribution in [0.5, 0.6) is 0 Å². The smallest absolute Gasteiger partial charge is 0.305 e. The summed E-state index contributed by atoms with van der Waals surface area (Å²) in [5.41, 5.74) is 0.690. The summed E-state index contributed by atoms with van der Waals surface area (Å²) in [6.45, 7) is 0.153. The number of aliphatic carboxylic acids is 1. The minimum atomic E-state index is -1.02. The largest absolute Gasteiger partial charge is 0.481 e. The predicted octanol–water partition coefficient (Wildman–Crippen LogP) is 1.71. The molecule has 0 spiro atoms. The summed E-state index contributed by atoms with van der Waals surface area (Å²) in [5.74, 6) is -1.32. The van der Waals surface area contributed by atoms with E-state index in [1.165, 1.54) is 19.1 Å². The Bertz CT molecular complexity index is 589. The fourth-order valence-electron chi connectivity index (χ4n) is 2.06. The van der Waals surface area contributed by atoms with E-state index in [9.17, 15) is 9.59 Å². The van der Waals surface area contributed by atoms with Crippen LogP contribution in [0.2, 0.25) is 0 Å². The number of carbonyl (C=O) groups excluding carboxylic acids is 1. The summed E-state index contributed by atoms with van der Waals surface area (Å²) in [6.07, 6.45) is -0.859. The summed E-state index contributed by atoms with van der Waals surface area (Å²) in [4.78, 5) is 29.3. The van der Waals surface area contributed by atoms with Gasteiger partial charge >= 0.3 is 5.97 Å².